The Balaban J connectivity index is 1.18. The molecule has 1 aliphatic heterocycles. The van der Waals surface area contributed by atoms with Crippen molar-refractivity contribution in [1.29, 1.82) is 0 Å². The van der Waals surface area contributed by atoms with Gasteiger partial charge in [0.2, 0.25) is 11.8 Å². The first kappa shape index (κ1) is 29.0. The van der Waals surface area contributed by atoms with Crippen LogP contribution < -0.4 is 5.32 Å². The number of nitrogens with zero attached hydrogens (tertiary/aromatic N) is 6. The number of urea groups is 1. The highest BCUT2D eigenvalue weighted by atomic mass is 16.4. The van der Waals surface area contributed by atoms with Crippen LogP contribution in [0.1, 0.15) is 35.2 Å². The Kier molecular flexibility index (Phi) is 7.80. The van der Waals surface area contributed by atoms with Crippen LogP contribution in [0.15, 0.2) is 95.7 Å². The quantitative estimate of drug-likeness (QED) is 0.207. The van der Waals surface area contributed by atoms with Crippen molar-refractivity contribution in [2.24, 2.45) is 0 Å². The largest absolute Gasteiger partial charge is 0.421 e. The highest BCUT2D eigenvalue weighted by Crippen LogP contribution is 2.33. The lowest BCUT2D eigenvalue weighted by Gasteiger charge is -2.30. The van der Waals surface area contributed by atoms with Gasteiger partial charge in [0.05, 0.1) is 17.9 Å². The Morgan fingerprint density at radius 2 is 1.74 bits per heavy atom. The molecule has 9 nitrogen and oxygen atoms in total. The number of aryl methyl sites for hydroxylation is 3. The molecule has 4 heterocycles. The van der Waals surface area contributed by atoms with Gasteiger partial charge in [-0.2, -0.15) is 0 Å². The fourth-order valence-corrected chi connectivity index (χ4v) is 5.86. The van der Waals surface area contributed by atoms with Crippen molar-refractivity contribution in [3.05, 3.63) is 120 Å². The van der Waals surface area contributed by atoms with E-state index in [0.29, 0.717) is 37.1 Å². The van der Waals surface area contributed by atoms with E-state index in [0.717, 1.165) is 68.0 Å². The molecule has 0 bridgehead atoms. The Morgan fingerprint density at radius 1 is 0.891 bits per heavy atom. The van der Waals surface area contributed by atoms with Crippen LogP contribution in [0.5, 0.6) is 0 Å². The van der Waals surface area contributed by atoms with Gasteiger partial charge in [0, 0.05) is 60.2 Å². The highest BCUT2D eigenvalue weighted by Gasteiger charge is 2.27. The third-order valence-corrected chi connectivity index (χ3v) is 8.29. The number of rotatable bonds is 6. The van der Waals surface area contributed by atoms with E-state index in [2.05, 4.69) is 52.5 Å². The minimum Gasteiger partial charge on any atom is -0.421 e. The van der Waals surface area contributed by atoms with Crippen molar-refractivity contribution in [3.63, 3.8) is 0 Å². The van der Waals surface area contributed by atoms with Crippen molar-refractivity contribution in [2.45, 2.75) is 40.2 Å². The molecule has 0 radical (unpaired) electrons. The Labute approximate surface area is 267 Å². The lowest BCUT2D eigenvalue weighted by atomic mass is 9.96. The zero-order valence-corrected chi connectivity index (χ0v) is 26.0. The Hall–Kier alpha value is -5.70. The molecule has 1 N–H and O–H groups in total. The van der Waals surface area contributed by atoms with Gasteiger partial charge in [-0.1, -0.05) is 49.4 Å². The molecule has 0 unspecified atom stereocenters. The van der Waals surface area contributed by atoms with E-state index in [4.69, 9.17) is 14.4 Å². The first-order valence-electron chi connectivity index (χ1n) is 15.4. The normalized spacial score (nSPS) is 12.5. The van der Waals surface area contributed by atoms with Crippen molar-refractivity contribution in [3.8, 4) is 45.2 Å². The summed E-state index contributed by atoms with van der Waals surface area (Å²) in [6, 6.07) is 26.1. The number of carbonyl (C=O) groups excluding carboxylic acids is 1. The van der Waals surface area contributed by atoms with E-state index >= 15 is 0 Å². The SMILES string of the molecule is CCc1cc(NC(=O)N2CCc3nc(-c4cccnc4)nc(-c4ccccc4C)c3C2)cc(-c2cccc(-c3nnc(C)o3)c2)c1. The molecule has 228 valence electrons. The fourth-order valence-electron chi connectivity index (χ4n) is 5.86. The summed E-state index contributed by atoms with van der Waals surface area (Å²) < 4.78 is 5.65. The third-order valence-electron chi connectivity index (χ3n) is 8.29. The molecule has 0 aliphatic carbocycles. The number of fused-ring (bicyclic) bond motifs is 1. The molecule has 6 aromatic rings. The molecule has 0 fully saturated rings. The van der Waals surface area contributed by atoms with Crippen LogP contribution in [0.4, 0.5) is 10.5 Å². The first-order chi connectivity index (χ1) is 22.4. The van der Waals surface area contributed by atoms with E-state index in [9.17, 15) is 4.79 Å². The van der Waals surface area contributed by atoms with Crippen LogP contribution in [-0.4, -0.2) is 42.6 Å². The van der Waals surface area contributed by atoms with Crippen LogP contribution in [0.3, 0.4) is 0 Å². The van der Waals surface area contributed by atoms with Crippen molar-refractivity contribution < 1.29 is 9.21 Å². The standard InChI is InChI=1S/C37H33N7O2/c1-4-25-17-29(26-10-7-11-27(19-26)36-43-42-24(3)46-36)20-30(18-25)39-37(45)44-16-14-33-32(22-44)34(31-13-6-5-9-23(31)2)41-35(40-33)28-12-8-15-38-21-28/h5-13,15,17-21H,4,14,16,22H2,1-3H3,(H,39,45). The topological polar surface area (TPSA) is 110 Å². The predicted octanol–water partition coefficient (Wildman–Crippen LogP) is 7.69. The van der Waals surface area contributed by atoms with E-state index in [-0.39, 0.29) is 6.03 Å². The number of benzene rings is 3. The van der Waals surface area contributed by atoms with Gasteiger partial charge in [0.25, 0.3) is 0 Å². The van der Waals surface area contributed by atoms with Gasteiger partial charge in [-0.25, -0.2) is 14.8 Å². The number of anilines is 1. The molecule has 1 aliphatic rings. The number of pyridine rings is 1. The maximum Gasteiger partial charge on any atom is 0.322 e. The molecule has 3 aromatic heterocycles. The van der Waals surface area contributed by atoms with Crippen LogP contribution in [-0.2, 0) is 19.4 Å². The lowest BCUT2D eigenvalue weighted by Crippen LogP contribution is -2.39. The summed E-state index contributed by atoms with van der Waals surface area (Å²) in [6.45, 7) is 6.91. The molecule has 0 spiro atoms. The highest BCUT2D eigenvalue weighted by molar-refractivity contribution is 5.91. The number of amides is 2. The minimum absolute atomic E-state index is 0.160. The molecule has 0 saturated carbocycles. The summed E-state index contributed by atoms with van der Waals surface area (Å²) in [7, 11) is 0. The molecule has 0 saturated heterocycles. The molecular formula is C37H33N7O2. The second kappa shape index (κ2) is 12.4. The molecule has 2 amide bonds. The summed E-state index contributed by atoms with van der Waals surface area (Å²) in [6.07, 6.45) is 4.98. The monoisotopic (exact) mass is 607 g/mol. The molecule has 46 heavy (non-hydrogen) atoms. The molecular weight excluding hydrogens is 574 g/mol. The zero-order valence-electron chi connectivity index (χ0n) is 26.0. The van der Waals surface area contributed by atoms with Crippen molar-refractivity contribution in [1.82, 2.24) is 30.0 Å². The van der Waals surface area contributed by atoms with Gasteiger partial charge in [-0.3, -0.25) is 4.98 Å². The maximum atomic E-state index is 13.8. The molecule has 0 atom stereocenters. The number of hydrogen-bond donors (Lipinski definition) is 1. The van der Waals surface area contributed by atoms with Gasteiger partial charge in [0.1, 0.15) is 0 Å². The summed E-state index contributed by atoms with van der Waals surface area (Å²) in [5.41, 5.74) is 10.5. The van der Waals surface area contributed by atoms with Gasteiger partial charge in [-0.15, -0.1) is 10.2 Å². The van der Waals surface area contributed by atoms with Crippen molar-refractivity contribution >= 4 is 11.7 Å². The zero-order chi connectivity index (χ0) is 31.6. The average Bonchev–Trinajstić information content (AvgIpc) is 3.54. The number of hydrogen-bond acceptors (Lipinski definition) is 7. The van der Waals surface area contributed by atoms with Gasteiger partial charge >= 0.3 is 6.03 Å². The van der Waals surface area contributed by atoms with E-state index in [1.54, 1.807) is 19.3 Å². The smallest absolute Gasteiger partial charge is 0.322 e. The first-order valence-corrected chi connectivity index (χ1v) is 15.4. The minimum atomic E-state index is -0.160. The molecule has 9 heteroatoms. The second-order valence-electron chi connectivity index (χ2n) is 11.5. The van der Waals surface area contributed by atoms with E-state index < -0.39 is 0 Å². The Morgan fingerprint density at radius 3 is 2.52 bits per heavy atom. The summed E-state index contributed by atoms with van der Waals surface area (Å²) in [5.74, 6) is 1.64. The number of aromatic nitrogens is 5. The van der Waals surface area contributed by atoms with Crippen LogP contribution in [0, 0.1) is 13.8 Å². The van der Waals surface area contributed by atoms with Gasteiger partial charge in [-0.05, 0) is 72.0 Å². The lowest BCUT2D eigenvalue weighted by molar-refractivity contribution is 0.206. The van der Waals surface area contributed by atoms with E-state index in [1.807, 2.05) is 65.6 Å². The number of carbonyl (C=O) groups is 1. The second-order valence-corrected chi connectivity index (χ2v) is 11.5. The molecule has 3 aromatic carbocycles. The average molecular weight is 608 g/mol. The van der Waals surface area contributed by atoms with Crippen LogP contribution >= 0.6 is 0 Å². The predicted molar refractivity (Wildman–Crippen MR) is 178 cm³/mol. The Bertz CT molecular complexity index is 2060. The van der Waals surface area contributed by atoms with Crippen LogP contribution in [0.2, 0.25) is 0 Å². The van der Waals surface area contributed by atoms with Crippen LogP contribution in [0.25, 0.3) is 45.2 Å². The maximum absolute atomic E-state index is 13.8. The summed E-state index contributed by atoms with van der Waals surface area (Å²) in [4.78, 5) is 29.9. The number of nitrogens with one attached hydrogen (secondary N) is 1. The van der Waals surface area contributed by atoms with Gasteiger partial charge < -0.3 is 14.6 Å². The van der Waals surface area contributed by atoms with Crippen molar-refractivity contribution in [2.75, 3.05) is 11.9 Å². The van der Waals surface area contributed by atoms with Gasteiger partial charge in [0.15, 0.2) is 5.82 Å². The summed E-state index contributed by atoms with van der Waals surface area (Å²) >= 11 is 0. The summed E-state index contributed by atoms with van der Waals surface area (Å²) in [5, 5.41) is 11.3. The molecule has 7 rings (SSSR count). The van der Waals surface area contributed by atoms with E-state index in [1.165, 1.54) is 0 Å². The third kappa shape index (κ3) is 5.87. The fraction of sp³-hybridized carbons (Fsp3) is 0.189.